The quantitative estimate of drug-likeness (QED) is 0.504. The second kappa shape index (κ2) is 1.74. The van der Waals surface area contributed by atoms with E-state index in [9.17, 15) is 0 Å². The molecular formula is C5H6O2S. The van der Waals surface area contributed by atoms with Gasteiger partial charge in [0.1, 0.15) is 11.5 Å². The van der Waals surface area contributed by atoms with Gasteiger partial charge >= 0.3 is 4.90 Å². The van der Waals surface area contributed by atoms with Crippen LogP contribution in [0.25, 0.3) is 0 Å². The maximum absolute atomic E-state index is 4.86. The first-order chi connectivity index (χ1) is 3.70. The summed E-state index contributed by atoms with van der Waals surface area (Å²) in [6.07, 6.45) is 0. The predicted octanol–water partition coefficient (Wildman–Crippen LogP) is 2.22. The lowest BCUT2D eigenvalue weighted by Crippen LogP contribution is -1.63. The zero-order valence-corrected chi connectivity index (χ0v) is 5.54. The Morgan fingerprint density at radius 1 is 1.12 bits per heavy atom. The van der Waals surface area contributed by atoms with E-state index in [0.29, 0.717) is 0 Å². The van der Waals surface area contributed by atoms with Gasteiger partial charge in [0.05, 0.1) is 0 Å². The zero-order valence-electron chi connectivity index (χ0n) is 4.72. The third kappa shape index (κ3) is 0.816. The van der Waals surface area contributed by atoms with Crippen LogP contribution in [0.2, 0.25) is 0 Å². The molecule has 44 valence electrons. The molecule has 0 fully saturated rings. The SMILES string of the molecule is Cc1oc(=S)oc1C. The maximum Gasteiger partial charge on any atom is 0.363 e. The Balaban J connectivity index is 3.35. The van der Waals surface area contributed by atoms with Crippen LogP contribution in [0.15, 0.2) is 8.83 Å². The van der Waals surface area contributed by atoms with Gasteiger partial charge in [-0.2, -0.15) is 0 Å². The Bertz CT molecular complexity index is 210. The smallest absolute Gasteiger partial charge is 0.363 e. The first-order valence-corrected chi connectivity index (χ1v) is 2.68. The third-order valence-corrected chi connectivity index (χ3v) is 1.14. The van der Waals surface area contributed by atoms with Crippen molar-refractivity contribution >= 4 is 12.2 Å². The molecule has 0 aliphatic heterocycles. The standard InChI is InChI=1S/C5H6O2S/c1-3-4(2)7-5(8)6-3/h1-2H3. The van der Waals surface area contributed by atoms with E-state index in [-0.39, 0.29) is 4.90 Å². The van der Waals surface area contributed by atoms with Crippen molar-refractivity contribution in [3.8, 4) is 0 Å². The topological polar surface area (TPSA) is 26.3 Å². The van der Waals surface area contributed by atoms with E-state index in [4.69, 9.17) is 8.83 Å². The largest absolute Gasteiger partial charge is 0.419 e. The van der Waals surface area contributed by atoms with E-state index < -0.39 is 0 Å². The van der Waals surface area contributed by atoms with Crippen molar-refractivity contribution in [2.75, 3.05) is 0 Å². The van der Waals surface area contributed by atoms with Gasteiger partial charge < -0.3 is 8.83 Å². The zero-order chi connectivity index (χ0) is 6.15. The summed E-state index contributed by atoms with van der Waals surface area (Å²) >= 11 is 4.59. The molecule has 0 aliphatic rings. The molecule has 0 N–H and O–H groups in total. The second-order valence-electron chi connectivity index (χ2n) is 1.57. The molecule has 0 spiro atoms. The van der Waals surface area contributed by atoms with Gasteiger partial charge in [-0.3, -0.25) is 0 Å². The van der Waals surface area contributed by atoms with Gasteiger partial charge in [-0.05, 0) is 13.8 Å². The second-order valence-corrected chi connectivity index (χ2v) is 1.90. The Labute approximate surface area is 52.1 Å². The Morgan fingerprint density at radius 3 is 1.62 bits per heavy atom. The molecular weight excluding hydrogens is 124 g/mol. The van der Waals surface area contributed by atoms with Crippen LogP contribution in [-0.2, 0) is 0 Å². The normalized spacial score (nSPS) is 9.75. The summed E-state index contributed by atoms with van der Waals surface area (Å²) in [4.78, 5) is 0.208. The molecule has 8 heavy (non-hydrogen) atoms. The van der Waals surface area contributed by atoms with Crippen molar-refractivity contribution in [2.45, 2.75) is 13.8 Å². The number of hydrogen-bond donors (Lipinski definition) is 0. The van der Waals surface area contributed by atoms with Crippen LogP contribution in [-0.4, -0.2) is 0 Å². The first kappa shape index (κ1) is 5.56. The molecule has 0 radical (unpaired) electrons. The summed E-state index contributed by atoms with van der Waals surface area (Å²) in [5.74, 6) is 1.52. The fraction of sp³-hybridized carbons (Fsp3) is 0.400. The van der Waals surface area contributed by atoms with Gasteiger partial charge in [0.15, 0.2) is 0 Å². The summed E-state index contributed by atoms with van der Waals surface area (Å²) in [5, 5.41) is 0. The van der Waals surface area contributed by atoms with Crippen LogP contribution >= 0.6 is 12.2 Å². The van der Waals surface area contributed by atoms with Gasteiger partial charge in [0, 0.05) is 12.2 Å². The van der Waals surface area contributed by atoms with Crippen LogP contribution in [0.5, 0.6) is 0 Å². The lowest BCUT2D eigenvalue weighted by molar-refractivity contribution is 0.405. The molecule has 1 aromatic heterocycles. The fourth-order valence-corrected chi connectivity index (χ4v) is 0.665. The Morgan fingerprint density at radius 2 is 1.50 bits per heavy atom. The van der Waals surface area contributed by atoms with Crippen molar-refractivity contribution in [3.63, 3.8) is 0 Å². The molecule has 1 rings (SSSR count). The molecule has 0 bridgehead atoms. The van der Waals surface area contributed by atoms with Gasteiger partial charge in [0.2, 0.25) is 0 Å². The molecule has 1 heterocycles. The molecule has 0 aliphatic carbocycles. The molecule has 3 heteroatoms. The van der Waals surface area contributed by atoms with Crippen molar-refractivity contribution in [1.82, 2.24) is 0 Å². The first-order valence-electron chi connectivity index (χ1n) is 2.27. The average Bonchev–Trinajstić information content (AvgIpc) is 1.85. The highest BCUT2D eigenvalue weighted by Gasteiger charge is 1.96. The molecule has 2 nitrogen and oxygen atoms in total. The van der Waals surface area contributed by atoms with Crippen molar-refractivity contribution < 1.29 is 8.83 Å². The minimum absolute atomic E-state index is 0.208. The number of aryl methyl sites for hydroxylation is 2. The molecule has 0 saturated carbocycles. The lowest BCUT2D eigenvalue weighted by Gasteiger charge is -1.75. The Kier molecular flexibility index (Phi) is 1.21. The minimum Gasteiger partial charge on any atom is -0.419 e. The van der Waals surface area contributed by atoms with Gasteiger partial charge in [0.25, 0.3) is 0 Å². The van der Waals surface area contributed by atoms with E-state index in [1.54, 1.807) is 0 Å². The van der Waals surface area contributed by atoms with Gasteiger partial charge in [-0.15, -0.1) is 0 Å². The van der Waals surface area contributed by atoms with Crippen molar-refractivity contribution in [1.29, 1.82) is 0 Å². The Hall–Kier alpha value is -0.570. The molecule has 0 saturated heterocycles. The van der Waals surface area contributed by atoms with E-state index in [2.05, 4.69) is 12.2 Å². The number of rotatable bonds is 0. The highest BCUT2D eigenvalue weighted by atomic mass is 32.1. The summed E-state index contributed by atoms with van der Waals surface area (Å²) in [7, 11) is 0. The van der Waals surface area contributed by atoms with E-state index >= 15 is 0 Å². The third-order valence-electron chi connectivity index (χ3n) is 0.969. The maximum atomic E-state index is 4.86. The van der Waals surface area contributed by atoms with Crippen molar-refractivity contribution in [3.05, 3.63) is 16.4 Å². The lowest BCUT2D eigenvalue weighted by atomic mass is 10.4. The molecule has 0 unspecified atom stereocenters. The van der Waals surface area contributed by atoms with Crippen LogP contribution in [0.3, 0.4) is 0 Å². The van der Waals surface area contributed by atoms with Crippen molar-refractivity contribution in [2.24, 2.45) is 0 Å². The van der Waals surface area contributed by atoms with E-state index in [0.717, 1.165) is 11.5 Å². The van der Waals surface area contributed by atoms with Crippen LogP contribution in [0.4, 0.5) is 0 Å². The fourth-order valence-electron chi connectivity index (χ4n) is 0.415. The number of hydrogen-bond acceptors (Lipinski definition) is 3. The van der Waals surface area contributed by atoms with Crippen LogP contribution in [0, 0.1) is 18.8 Å². The summed E-state index contributed by atoms with van der Waals surface area (Å²) < 4.78 is 9.72. The molecule has 1 aromatic rings. The minimum atomic E-state index is 0.208. The predicted molar refractivity (Wildman–Crippen MR) is 31.3 cm³/mol. The molecule has 0 amide bonds. The van der Waals surface area contributed by atoms with Gasteiger partial charge in [-0.25, -0.2) is 0 Å². The summed E-state index contributed by atoms with van der Waals surface area (Å²) in [5.41, 5.74) is 0. The molecule has 0 atom stereocenters. The van der Waals surface area contributed by atoms with Crippen LogP contribution in [0.1, 0.15) is 11.5 Å². The van der Waals surface area contributed by atoms with E-state index in [1.165, 1.54) is 0 Å². The molecule has 0 aromatic carbocycles. The highest BCUT2D eigenvalue weighted by Crippen LogP contribution is 2.07. The van der Waals surface area contributed by atoms with E-state index in [1.807, 2.05) is 13.8 Å². The summed E-state index contributed by atoms with van der Waals surface area (Å²) in [6, 6.07) is 0. The summed E-state index contributed by atoms with van der Waals surface area (Å²) in [6.45, 7) is 3.63. The van der Waals surface area contributed by atoms with Gasteiger partial charge in [-0.1, -0.05) is 0 Å². The average molecular weight is 130 g/mol. The van der Waals surface area contributed by atoms with Crippen LogP contribution < -0.4 is 0 Å². The highest BCUT2D eigenvalue weighted by molar-refractivity contribution is 7.71. The monoisotopic (exact) mass is 130 g/mol.